The van der Waals surface area contributed by atoms with Crippen molar-refractivity contribution in [2.45, 2.75) is 31.6 Å². The fraction of sp³-hybridized carbons (Fsp3) is 0.375. The van der Waals surface area contributed by atoms with Crippen LogP contribution in [0.5, 0.6) is 0 Å². The van der Waals surface area contributed by atoms with Crippen LogP contribution in [0.15, 0.2) is 24.5 Å². The van der Waals surface area contributed by atoms with Gasteiger partial charge in [0, 0.05) is 13.2 Å². The van der Waals surface area contributed by atoms with E-state index in [1.165, 1.54) is 11.8 Å². The van der Waals surface area contributed by atoms with Crippen molar-refractivity contribution in [1.82, 2.24) is 19.9 Å². The van der Waals surface area contributed by atoms with E-state index in [4.69, 9.17) is 15.0 Å². The zero-order chi connectivity index (χ0) is 20.2. The first kappa shape index (κ1) is 20.4. The molecule has 1 atom stereocenters. The van der Waals surface area contributed by atoms with Gasteiger partial charge in [0.15, 0.2) is 0 Å². The predicted octanol–water partition coefficient (Wildman–Crippen LogP) is 1.92. The molecule has 11 heteroatoms. The first-order chi connectivity index (χ1) is 12.6. The number of aromatic carboxylic acids is 1. The van der Waals surface area contributed by atoms with Crippen molar-refractivity contribution in [2.75, 3.05) is 0 Å². The Morgan fingerprint density at radius 3 is 2.56 bits per heavy atom. The zero-order valence-corrected chi connectivity index (χ0v) is 14.2. The number of fused-ring (bicyclic) bond motifs is 1. The number of carboxylic acid groups (broad SMARTS) is 2. The van der Waals surface area contributed by atoms with Crippen LogP contribution in [0, 0.1) is 0 Å². The summed E-state index contributed by atoms with van der Waals surface area (Å²) in [6.07, 6.45) is 0.159. The van der Waals surface area contributed by atoms with Gasteiger partial charge in [-0.05, 0) is 24.5 Å². The maximum Gasteiger partial charge on any atom is 0.490 e. The first-order valence-electron chi connectivity index (χ1n) is 7.82. The van der Waals surface area contributed by atoms with Gasteiger partial charge in [0.1, 0.15) is 11.5 Å². The number of alkyl halides is 3. The highest BCUT2D eigenvalue weighted by molar-refractivity contribution is 5.85. The number of hydrogen-bond acceptors (Lipinski definition) is 5. The van der Waals surface area contributed by atoms with Crippen molar-refractivity contribution < 1.29 is 33.0 Å². The molecule has 0 aliphatic heterocycles. The number of hydrogen-bond donors (Lipinski definition) is 3. The number of imidazole rings is 1. The Morgan fingerprint density at radius 2 is 2.00 bits per heavy atom. The Morgan fingerprint density at radius 1 is 1.33 bits per heavy atom. The lowest BCUT2D eigenvalue weighted by Gasteiger charge is -2.13. The second-order valence-electron chi connectivity index (χ2n) is 5.75. The maximum absolute atomic E-state index is 11.0. The number of halogens is 3. The molecular formula is C16H17F3N4O4. The SMILES string of the molecule is Cn1c(C(=O)O)cnc1CNC1CCc2cccnc21.O=C(O)C(F)(F)F. The summed E-state index contributed by atoms with van der Waals surface area (Å²) >= 11 is 0. The maximum atomic E-state index is 11.0. The zero-order valence-electron chi connectivity index (χ0n) is 14.2. The van der Waals surface area contributed by atoms with Crippen LogP contribution < -0.4 is 5.32 Å². The standard InChI is InChI=1S/C14H16N4O2.C2HF3O2/c1-18-11(14(19)20)7-17-12(18)8-16-10-5-4-9-3-2-6-15-13(9)10;3-2(4,5)1(6)7/h2-3,6-7,10,16H,4-5,8H2,1H3,(H,19,20);(H,6,7). The average Bonchev–Trinajstić information content (AvgIpc) is 3.16. The molecule has 2 aromatic rings. The Labute approximate surface area is 151 Å². The van der Waals surface area contributed by atoms with E-state index in [2.05, 4.69) is 21.4 Å². The van der Waals surface area contributed by atoms with Gasteiger partial charge in [0.2, 0.25) is 0 Å². The van der Waals surface area contributed by atoms with E-state index < -0.39 is 18.1 Å². The fourth-order valence-electron chi connectivity index (χ4n) is 2.64. The van der Waals surface area contributed by atoms with Gasteiger partial charge >= 0.3 is 18.1 Å². The molecule has 0 spiro atoms. The molecule has 8 nitrogen and oxygen atoms in total. The van der Waals surface area contributed by atoms with Crippen LogP contribution in [0.1, 0.15) is 40.0 Å². The summed E-state index contributed by atoms with van der Waals surface area (Å²) in [4.78, 5) is 28.4. The molecule has 2 aromatic heterocycles. The number of nitrogens with zero attached hydrogens (tertiary/aromatic N) is 3. The molecule has 0 bridgehead atoms. The summed E-state index contributed by atoms with van der Waals surface area (Å²) in [6, 6.07) is 4.28. The minimum atomic E-state index is -5.08. The molecule has 146 valence electrons. The molecular weight excluding hydrogens is 369 g/mol. The van der Waals surface area contributed by atoms with Crippen molar-refractivity contribution in [2.24, 2.45) is 7.05 Å². The molecule has 0 fully saturated rings. The van der Waals surface area contributed by atoms with Crippen molar-refractivity contribution in [3.8, 4) is 0 Å². The Kier molecular flexibility index (Phi) is 6.16. The van der Waals surface area contributed by atoms with Gasteiger partial charge in [-0.1, -0.05) is 6.07 Å². The summed E-state index contributed by atoms with van der Waals surface area (Å²) < 4.78 is 33.3. The largest absolute Gasteiger partial charge is 0.490 e. The van der Waals surface area contributed by atoms with Crippen molar-refractivity contribution in [1.29, 1.82) is 0 Å². The smallest absolute Gasteiger partial charge is 0.477 e. The van der Waals surface area contributed by atoms with Crippen LogP contribution in [-0.4, -0.2) is 42.9 Å². The second-order valence-corrected chi connectivity index (χ2v) is 5.75. The average molecular weight is 386 g/mol. The molecule has 0 saturated carbocycles. The molecule has 3 rings (SSSR count). The van der Waals surface area contributed by atoms with E-state index in [0.29, 0.717) is 12.4 Å². The van der Waals surface area contributed by atoms with E-state index in [0.717, 1.165) is 18.5 Å². The summed E-state index contributed by atoms with van der Waals surface area (Å²) in [6.45, 7) is 0.532. The lowest BCUT2D eigenvalue weighted by Crippen LogP contribution is -2.22. The van der Waals surface area contributed by atoms with Crippen molar-refractivity contribution in [3.05, 3.63) is 47.3 Å². The number of pyridine rings is 1. The van der Waals surface area contributed by atoms with E-state index in [-0.39, 0.29) is 11.7 Å². The Bertz CT molecular complexity index is 835. The topological polar surface area (TPSA) is 117 Å². The van der Waals surface area contributed by atoms with Crippen LogP contribution in [-0.2, 0) is 24.8 Å². The predicted molar refractivity (Wildman–Crippen MR) is 86.0 cm³/mol. The van der Waals surface area contributed by atoms with E-state index in [9.17, 15) is 18.0 Å². The molecule has 3 N–H and O–H groups in total. The van der Waals surface area contributed by atoms with Crippen molar-refractivity contribution in [3.63, 3.8) is 0 Å². The molecule has 0 radical (unpaired) electrons. The molecule has 0 amide bonds. The molecule has 1 aliphatic rings. The molecule has 1 aliphatic carbocycles. The first-order valence-corrected chi connectivity index (χ1v) is 7.82. The van der Waals surface area contributed by atoms with E-state index in [1.54, 1.807) is 11.6 Å². The van der Waals surface area contributed by atoms with Crippen LogP contribution in [0.3, 0.4) is 0 Å². The fourth-order valence-corrected chi connectivity index (χ4v) is 2.64. The van der Waals surface area contributed by atoms with Crippen LogP contribution in [0.4, 0.5) is 13.2 Å². The number of rotatable bonds is 4. The third-order valence-corrected chi connectivity index (χ3v) is 4.01. The minimum absolute atomic E-state index is 0.201. The number of carboxylic acids is 2. The van der Waals surface area contributed by atoms with Gasteiger partial charge in [-0.2, -0.15) is 13.2 Å². The van der Waals surface area contributed by atoms with E-state index >= 15 is 0 Å². The number of aliphatic carboxylic acids is 1. The van der Waals surface area contributed by atoms with E-state index in [1.807, 2.05) is 12.3 Å². The lowest BCUT2D eigenvalue weighted by atomic mass is 10.2. The number of carbonyl (C=O) groups is 2. The highest BCUT2D eigenvalue weighted by Crippen LogP contribution is 2.28. The molecule has 1 unspecified atom stereocenters. The number of aromatic nitrogens is 3. The van der Waals surface area contributed by atoms with Crippen LogP contribution in [0.25, 0.3) is 0 Å². The Balaban J connectivity index is 0.000000321. The molecule has 0 saturated heterocycles. The van der Waals surface area contributed by atoms with Crippen molar-refractivity contribution >= 4 is 11.9 Å². The number of aryl methyl sites for hydroxylation is 1. The third-order valence-electron chi connectivity index (χ3n) is 4.01. The highest BCUT2D eigenvalue weighted by atomic mass is 19.4. The van der Waals surface area contributed by atoms with Gasteiger partial charge in [-0.15, -0.1) is 0 Å². The van der Waals surface area contributed by atoms with Gasteiger partial charge in [-0.25, -0.2) is 14.6 Å². The second kappa shape index (κ2) is 8.16. The van der Waals surface area contributed by atoms with Crippen LogP contribution in [0.2, 0.25) is 0 Å². The number of nitrogens with one attached hydrogen (secondary N) is 1. The monoisotopic (exact) mass is 386 g/mol. The van der Waals surface area contributed by atoms with Gasteiger partial charge in [0.25, 0.3) is 0 Å². The lowest BCUT2D eigenvalue weighted by molar-refractivity contribution is -0.192. The minimum Gasteiger partial charge on any atom is -0.477 e. The molecule has 27 heavy (non-hydrogen) atoms. The van der Waals surface area contributed by atoms with Gasteiger partial charge in [0.05, 0.1) is 24.5 Å². The molecule has 2 heterocycles. The van der Waals surface area contributed by atoms with Gasteiger partial charge in [-0.3, -0.25) is 4.98 Å². The van der Waals surface area contributed by atoms with Crippen LogP contribution >= 0.6 is 0 Å². The third kappa shape index (κ3) is 5.03. The summed E-state index contributed by atoms with van der Waals surface area (Å²) in [5.41, 5.74) is 2.59. The quantitative estimate of drug-likeness (QED) is 0.735. The summed E-state index contributed by atoms with van der Waals surface area (Å²) in [5, 5.41) is 19.5. The normalized spacial score (nSPS) is 15.6. The summed E-state index contributed by atoms with van der Waals surface area (Å²) in [7, 11) is 1.72. The highest BCUT2D eigenvalue weighted by Gasteiger charge is 2.38. The Hall–Kier alpha value is -2.95. The summed E-state index contributed by atoms with van der Waals surface area (Å²) in [5.74, 6) is -3.00. The van der Waals surface area contributed by atoms with Gasteiger partial charge < -0.3 is 20.1 Å². The molecule has 0 aromatic carbocycles.